The molecule has 1 saturated carbocycles. The van der Waals surface area contributed by atoms with Crippen LogP contribution in [0.1, 0.15) is 56.1 Å². The first-order valence-electron chi connectivity index (χ1n) is 8.34. The molecule has 2 aliphatic rings. The molecule has 2 fully saturated rings. The summed E-state index contributed by atoms with van der Waals surface area (Å²) in [6.07, 6.45) is 6.87. The quantitative estimate of drug-likeness (QED) is 0.926. The zero-order chi connectivity index (χ0) is 14.7. The van der Waals surface area contributed by atoms with Gasteiger partial charge in [-0.25, -0.2) is 0 Å². The summed E-state index contributed by atoms with van der Waals surface area (Å²) in [7, 11) is 0. The van der Waals surface area contributed by atoms with Crippen molar-refractivity contribution >= 4 is 5.91 Å². The van der Waals surface area contributed by atoms with E-state index in [1.165, 1.54) is 43.2 Å². The Bertz CT molecular complexity index is 476. The molecular formula is C18H26N2O. The second-order valence-electron chi connectivity index (χ2n) is 6.51. The highest BCUT2D eigenvalue weighted by molar-refractivity contribution is 5.81. The maximum Gasteiger partial charge on any atom is 0.237 e. The summed E-state index contributed by atoms with van der Waals surface area (Å²) in [4.78, 5) is 14.0. The standard InChI is InChI=1S/C18H26N2O/c1-14-18(21)19-11-12-20(14)13-15-7-9-17(10-8-15)16-5-3-2-4-6-16/h7-10,14,16H,2-6,11-13H2,1H3,(H,19,21). The van der Waals surface area contributed by atoms with Gasteiger partial charge in [0.25, 0.3) is 0 Å². The summed E-state index contributed by atoms with van der Waals surface area (Å²) in [6, 6.07) is 9.10. The molecule has 1 saturated heterocycles. The minimum atomic E-state index is -0.0169. The van der Waals surface area contributed by atoms with Crippen molar-refractivity contribution in [2.24, 2.45) is 0 Å². The zero-order valence-corrected chi connectivity index (χ0v) is 13.0. The number of hydrogen-bond donors (Lipinski definition) is 1. The minimum absolute atomic E-state index is 0.0169. The monoisotopic (exact) mass is 286 g/mol. The Balaban J connectivity index is 1.62. The van der Waals surface area contributed by atoms with Crippen LogP contribution in [0.4, 0.5) is 0 Å². The van der Waals surface area contributed by atoms with E-state index >= 15 is 0 Å². The van der Waals surface area contributed by atoms with E-state index in [2.05, 4.69) is 34.5 Å². The lowest BCUT2D eigenvalue weighted by molar-refractivity contribution is -0.128. The highest BCUT2D eigenvalue weighted by Gasteiger charge is 2.25. The van der Waals surface area contributed by atoms with E-state index in [0.717, 1.165) is 25.6 Å². The van der Waals surface area contributed by atoms with Crippen LogP contribution in [0.15, 0.2) is 24.3 Å². The predicted molar refractivity (Wildman–Crippen MR) is 85.1 cm³/mol. The molecule has 1 heterocycles. The molecule has 21 heavy (non-hydrogen) atoms. The van der Waals surface area contributed by atoms with Gasteiger partial charge in [-0.15, -0.1) is 0 Å². The van der Waals surface area contributed by atoms with Crippen molar-refractivity contribution < 1.29 is 4.79 Å². The van der Waals surface area contributed by atoms with Crippen molar-refractivity contribution in [1.29, 1.82) is 0 Å². The summed E-state index contributed by atoms with van der Waals surface area (Å²) in [5, 5.41) is 2.92. The number of rotatable bonds is 3. The Morgan fingerprint density at radius 3 is 2.57 bits per heavy atom. The zero-order valence-electron chi connectivity index (χ0n) is 13.0. The topological polar surface area (TPSA) is 32.3 Å². The molecule has 1 atom stereocenters. The molecule has 0 aromatic heterocycles. The van der Waals surface area contributed by atoms with Gasteiger partial charge in [0.1, 0.15) is 0 Å². The number of nitrogens with one attached hydrogen (secondary N) is 1. The third kappa shape index (κ3) is 3.46. The van der Waals surface area contributed by atoms with E-state index in [4.69, 9.17) is 0 Å². The van der Waals surface area contributed by atoms with Crippen LogP contribution in [0.3, 0.4) is 0 Å². The minimum Gasteiger partial charge on any atom is -0.353 e. The number of hydrogen-bond acceptors (Lipinski definition) is 2. The molecule has 1 unspecified atom stereocenters. The molecule has 1 N–H and O–H groups in total. The molecule has 114 valence electrons. The highest BCUT2D eigenvalue weighted by Crippen LogP contribution is 2.32. The number of benzene rings is 1. The molecule has 0 bridgehead atoms. The van der Waals surface area contributed by atoms with Crippen molar-refractivity contribution in [3.63, 3.8) is 0 Å². The number of carbonyl (C=O) groups is 1. The summed E-state index contributed by atoms with van der Waals surface area (Å²) in [5.41, 5.74) is 2.82. The summed E-state index contributed by atoms with van der Waals surface area (Å²) in [5.74, 6) is 0.924. The Hall–Kier alpha value is -1.35. The summed E-state index contributed by atoms with van der Waals surface area (Å²) < 4.78 is 0. The van der Waals surface area contributed by atoms with Crippen LogP contribution in [0.2, 0.25) is 0 Å². The lowest BCUT2D eigenvalue weighted by Gasteiger charge is -2.32. The van der Waals surface area contributed by atoms with Crippen molar-refractivity contribution in [2.45, 2.75) is 57.5 Å². The fraction of sp³-hybridized carbons (Fsp3) is 0.611. The molecule has 3 nitrogen and oxygen atoms in total. The van der Waals surface area contributed by atoms with Gasteiger partial charge in [-0.1, -0.05) is 43.5 Å². The Kier molecular flexibility index (Phi) is 4.59. The lowest BCUT2D eigenvalue weighted by Crippen LogP contribution is -2.53. The third-order valence-corrected chi connectivity index (χ3v) is 5.07. The summed E-state index contributed by atoms with van der Waals surface area (Å²) >= 11 is 0. The van der Waals surface area contributed by atoms with E-state index in [-0.39, 0.29) is 11.9 Å². The molecule has 1 aromatic carbocycles. The van der Waals surface area contributed by atoms with Gasteiger partial charge in [-0.05, 0) is 36.8 Å². The van der Waals surface area contributed by atoms with Crippen LogP contribution < -0.4 is 5.32 Å². The number of carbonyl (C=O) groups excluding carboxylic acids is 1. The average molecular weight is 286 g/mol. The van der Waals surface area contributed by atoms with Gasteiger partial charge >= 0.3 is 0 Å². The van der Waals surface area contributed by atoms with E-state index < -0.39 is 0 Å². The van der Waals surface area contributed by atoms with Crippen molar-refractivity contribution in [1.82, 2.24) is 10.2 Å². The smallest absolute Gasteiger partial charge is 0.237 e. The van der Waals surface area contributed by atoms with Crippen LogP contribution in [0.5, 0.6) is 0 Å². The number of amides is 1. The van der Waals surface area contributed by atoms with E-state index in [1.807, 2.05) is 6.92 Å². The van der Waals surface area contributed by atoms with Crippen molar-refractivity contribution in [2.75, 3.05) is 13.1 Å². The molecule has 3 heteroatoms. The first kappa shape index (κ1) is 14.6. The van der Waals surface area contributed by atoms with Crippen LogP contribution in [-0.2, 0) is 11.3 Å². The highest BCUT2D eigenvalue weighted by atomic mass is 16.2. The molecule has 1 aromatic rings. The van der Waals surface area contributed by atoms with Crippen LogP contribution >= 0.6 is 0 Å². The normalized spacial score (nSPS) is 24.8. The molecule has 1 aliphatic heterocycles. The van der Waals surface area contributed by atoms with E-state index in [1.54, 1.807) is 0 Å². The molecule has 0 radical (unpaired) electrons. The number of nitrogens with zero attached hydrogens (tertiary/aromatic N) is 1. The molecular weight excluding hydrogens is 260 g/mol. The predicted octanol–water partition coefficient (Wildman–Crippen LogP) is 3.05. The van der Waals surface area contributed by atoms with E-state index in [9.17, 15) is 4.79 Å². The summed E-state index contributed by atoms with van der Waals surface area (Å²) in [6.45, 7) is 4.57. The van der Waals surface area contributed by atoms with Gasteiger partial charge in [0.2, 0.25) is 5.91 Å². The first-order chi connectivity index (χ1) is 10.2. The molecule has 1 amide bonds. The Morgan fingerprint density at radius 1 is 1.14 bits per heavy atom. The molecule has 1 aliphatic carbocycles. The molecule has 3 rings (SSSR count). The van der Waals surface area contributed by atoms with E-state index in [0.29, 0.717) is 0 Å². The van der Waals surface area contributed by atoms with Crippen molar-refractivity contribution in [3.05, 3.63) is 35.4 Å². The number of piperazine rings is 1. The van der Waals surface area contributed by atoms with Crippen LogP contribution in [0, 0.1) is 0 Å². The maximum atomic E-state index is 11.7. The fourth-order valence-electron chi connectivity index (χ4n) is 3.61. The largest absolute Gasteiger partial charge is 0.353 e. The first-order valence-corrected chi connectivity index (χ1v) is 8.34. The lowest BCUT2D eigenvalue weighted by atomic mass is 9.84. The Labute approximate surface area is 127 Å². The Morgan fingerprint density at radius 2 is 1.86 bits per heavy atom. The van der Waals surface area contributed by atoms with Gasteiger partial charge in [0, 0.05) is 19.6 Å². The van der Waals surface area contributed by atoms with Gasteiger partial charge in [-0.3, -0.25) is 9.69 Å². The van der Waals surface area contributed by atoms with Gasteiger partial charge in [-0.2, -0.15) is 0 Å². The van der Waals surface area contributed by atoms with Gasteiger partial charge in [0.05, 0.1) is 6.04 Å². The second-order valence-corrected chi connectivity index (χ2v) is 6.51. The van der Waals surface area contributed by atoms with Crippen molar-refractivity contribution in [3.8, 4) is 0 Å². The maximum absolute atomic E-state index is 11.7. The van der Waals surface area contributed by atoms with Gasteiger partial charge in [0.15, 0.2) is 0 Å². The SMILES string of the molecule is CC1C(=O)NCCN1Cc1ccc(C2CCCCC2)cc1. The fourth-order valence-corrected chi connectivity index (χ4v) is 3.61. The van der Waals surface area contributed by atoms with Crippen LogP contribution in [0.25, 0.3) is 0 Å². The second kappa shape index (κ2) is 6.61. The third-order valence-electron chi connectivity index (χ3n) is 5.07. The van der Waals surface area contributed by atoms with Gasteiger partial charge < -0.3 is 5.32 Å². The van der Waals surface area contributed by atoms with Crippen LogP contribution in [-0.4, -0.2) is 29.9 Å². The molecule has 0 spiro atoms. The average Bonchev–Trinajstić information content (AvgIpc) is 2.53.